The molecule has 0 unspecified atom stereocenters. The molecule has 1 aliphatic rings. The molecule has 0 atom stereocenters. The van der Waals surface area contributed by atoms with E-state index in [-0.39, 0.29) is 0 Å². The van der Waals surface area contributed by atoms with Crippen LogP contribution in [0, 0.1) is 12.8 Å². The van der Waals surface area contributed by atoms with Gasteiger partial charge in [-0.15, -0.1) is 0 Å². The van der Waals surface area contributed by atoms with Crippen LogP contribution < -0.4 is 10.2 Å². The number of piperidine rings is 1. The number of fused-ring (bicyclic) bond motifs is 1. The fraction of sp³-hybridized carbons (Fsp3) is 0.667. The zero-order chi connectivity index (χ0) is 14.7. The van der Waals surface area contributed by atoms with E-state index in [1.807, 2.05) is 6.92 Å². The molecule has 1 N–H and O–H groups in total. The minimum atomic E-state index is 0.587. The average molecular weight is 289 g/mol. The van der Waals surface area contributed by atoms with Gasteiger partial charge in [0, 0.05) is 13.1 Å². The van der Waals surface area contributed by atoms with E-state index in [2.05, 4.69) is 32.3 Å². The number of nitrogens with zero attached hydrogens (tertiary/aromatic N) is 4. The van der Waals surface area contributed by atoms with Crippen molar-refractivity contribution in [3.05, 3.63) is 12.0 Å². The molecule has 0 radical (unpaired) electrons. The maximum Gasteiger partial charge on any atom is 0.263 e. The molecule has 21 heavy (non-hydrogen) atoms. The van der Waals surface area contributed by atoms with Gasteiger partial charge in [0.05, 0.1) is 5.69 Å². The van der Waals surface area contributed by atoms with Gasteiger partial charge in [-0.05, 0) is 45.2 Å². The zero-order valence-corrected chi connectivity index (χ0v) is 12.8. The monoisotopic (exact) mass is 289 g/mol. The number of hydrogen-bond acceptors (Lipinski definition) is 6. The summed E-state index contributed by atoms with van der Waals surface area (Å²) in [6.07, 6.45) is 5.14. The maximum atomic E-state index is 5.27. The van der Waals surface area contributed by atoms with Gasteiger partial charge in [-0.3, -0.25) is 0 Å². The Morgan fingerprint density at radius 3 is 2.90 bits per heavy atom. The van der Waals surface area contributed by atoms with Gasteiger partial charge in [0.15, 0.2) is 0 Å². The van der Waals surface area contributed by atoms with E-state index in [1.54, 1.807) is 6.33 Å². The highest BCUT2D eigenvalue weighted by molar-refractivity contribution is 5.87. The SMILES string of the molecule is CCCN(CC1CCNCC1)c1ncnc2onc(C)c12. The summed E-state index contributed by atoms with van der Waals surface area (Å²) in [5.74, 6) is 1.70. The summed E-state index contributed by atoms with van der Waals surface area (Å²) >= 11 is 0. The van der Waals surface area contributed by atoms with Gasteiger partial charge in [0.2, 0.25) is 0 Å². The number of aromatic nitrogens is 3. The molecule has 6 nitrogen and oxygen atoms in total. The molecule has 0 aliphatic carbocycles. The van der Waals surface area contributed by atoms with Crippen LogP contribution in [-0.4, -0.2) is 41.3 Å². The summed E-state index contributed by atoms with van der Waals surface area (Å²) in [4.78, 5) is 11.1. The van der Waals surface area contributed by atoms with E-state index in [4.69, 9.17) is 4.52 Å². The van der Waals surface area contributed by atoms with Gasteiger partial charge in [-0.1, -0.05) is 12.1 Å². The van der Waals surface area contributed by atoms with Crippen LogP contribution in [0.4, 0.5) is 5.82 Å². The van der Waals surface area contributed by atoms with Crippen molar-refractivity contribution >= 4 is 16.9 Å². The highest BCUT2D eigenvalue weighted by Gasteiger charge is 2.21. The molecule has 2 aromatic rings. The summed E-state index contributed by atoms with van der Waals surface area (Å²) in [6.45, 7) is 8.45. The molecule has 1 fully saturated rings. The lowest BCUT2D eigenvalue weighted by molar-refractivity contribution is 0.373. The van der Waals surface area contributed by atoms with Crippen molar-refractivity contribution in [1.29, 1.82) is 0 Å². The maximum absolute atomic E-state index is 5.27. The van der Waals surface area contributed by atoms with E-state index in [0.717, 1.165) is 55.4 Å². The van der Waals surface area contributed by atoms with E-state index < -0.39 is 0 Å². The van der Waals surface area contributed by atoms with E-state index in [0.29, 0.717) is 5.71 Å². The largest absolute Gasteiger partial charge is 0.356 e. The molecular weight excluding hydrogens is 266 g/mol. The summed E-state index contributed by atoms with van der Waals surface area (Å²) < 4.78 is 5.27. The third kappa shape index (κ3) is 3.00. The Morgan fingerprint density at radius 1 is 1.33 bits per heavy atom. The molecule has 0 spiro atoms. The number of hydrogen-bond donors (Lipinski definition) is 1. The Hall–Kier alpha value is -1.69. The Morgan fingerprint density at radius 2 is 2.14 bits per heavy atom. The number of nitrogens with one attached hydrogen (secondary N) is 1. The predicted octanol–water partition coefficient (Wildman–Crippen LogP) is 2.14. The molecule has 3 rings (SSSR count). The standard InChI is InChI=1S/C15H23N5O/c1-3-8-20(9-12-4-6-16-7-5-12)14-13-11(2)19-21-15(13)18-10-17-14/h10,12,16H,3-9H2,1-2H3. The van der Waals surface area contributed by atoms with Crippen molar-refractivity contribution < 1.29 is 4.52 Å². The van der Waals surface area contributed by atoms with Gasteiger partial charge in [0.1, 0.15) is 17.5 Å². The topological polar surface area (TPSA) is 67.1 Å². The van der Waals surface area contributed by atoms with Crippen molar-refractivity contribution in [2.24, 2.45) is 5.92 Å². The zero-order valence-electron chi connectivity index (χ0n) is 12.8. The fourth-order valence-electron chi connectivity index (χ4n) is 3.07. The van der Waals surface area contributed by atoms with Crippen LogP contribution in [0.2, 0.25) is 0 Å². The van der Waals surface area contributed by atoms with E-state index in [1.165, 1.54) is 12.8 Å². The molecule has 114 valence electrons. The van der Waals surface area contributed by atoms with Gasteiger partial charge >= 0.3 is 0 Å². The van der Waals surface area contributed by atoms with Crippen molar-refractivity contribution in [2.75, 3.05) is 31.1 Å². The third-order valence-corrected chi connectivity index (χ3v) is 4.15. The second-order valence-corrected chi connectivity index (χ2v) is 5.78. The lowest BCUT2D eigenvalue weighted by Gasteiger charge is -2.30. The first kappa shape index (κ1) is 14.3. The van der Waals surface area contributed by atoms with Gasteiger partial charge < -0.3 is 14.7 Å². The van der Waals surface area contributed by atoms with Crippen LogP contribution in [-0.2, 0) is 0 Å². The lowest BCUT2D eigenvalue weighted by atomic mass is 9.97. The first-order valence-electron chi connectivity index (χ1n) is 7.82. The highest BCUT2D eigenvalue weighted by atomic mass is 16.5. The first-order chi connectivity index (χ1) is 10.3. The molecule has 6 heteroatoms. The van der Waals surface area contributed by atoms with Crippen LogP contribution in [0.5, 0.6) is 0 Å². The molecule has 2 aromatic heterocycles. The van der Waals surface area contributed by atoms with Crippen LogP contribution >= 0.6 is 0 Å². The van der Waals surface area contributed by atoms with Crippen molar-refractivity contribution in [1.82, 2.24) is 20.4 Å². The molecule has 0 bridgehead atoms. The van der Waals surface area contributed by atoms with E-state index in [9.17, 15) is 0 Å². The minimum Gasteiger partial charge on any atom is -0.356 e. The second-order valence-electron chi connectivity index (χ2n) is 5.78. The molecule has 0 amide bonds. The van der Waals surface area contributed by atoms with Crippen LogP contribution in [0.3, 0.4) is 0 Å². The Kier molecular flexibility index (Phi) is 4.34. The smallest absolute Gasteiger partial charge is 0.263 e. The highest BCUT2D eigenvalue weighted by Crippen LogP contribution is 2.27. The van der Waals surface area contributed by atoms with Gasteiger partial charge in [-0.2, -0.15) is 4.98 Å². The quantitative estimate of drug-likeness (QED) is 0.909. The van der Waals surface area contributed by atoms with Gasteiger partial charge in [-0.25, -0.2) is 4.98 Å². The van der Waals surface area contributed by atoms with Crippen molar-refractivity contribution in [2.45, 2.75) is 33.1 Å². The van der Waals surface area contributed by atoms with Gasteiger partial charge in [0.25, 0.3) is 5.71 Å². The summed E-state index contributed by atoms with van der Waals surface area (Å²) in [6, 6.07) is 0. The lowest BCUT2D eigenvalue weighted by Crippen LogP contribution is -2.37. The molecular formula is C15H23N5O. The van der Waals surface area contributed by atoms with E-state index >= 15 is 0 Å². The average Bonchev–Trinajstić information content (AvgIpc) is 2.90. The summed E-state index contributed by atoms with van der Waals surface area (Å²) in [7, 11) is 0. The molecule has 1 saturated heterocycles. The molecule has 0 saturated carbocycles. The molecule has 3 heterocycles. The Balaban J connectivity index is 1.89. The number of rotatable bonds is 5. The summed E-state index contributed by atoms with van der Waals surface area (Å²) in [5.41, 5.74) is 1.45. The first-order valence-corrected chi connectivity index (χ1v) is 7.82. The van der Waals surface area contributed by atoms with Crippen molar-refractivity contribution in [3.8, 4) is 0 Å². The Labute approximate surface area is 124 Å². The van der Waals surface area contributed by atoms with Crippen molar-refractivity contribution in [3.63, 3.8) is 0 Å². The normalized spacial score (nSPS) is 16.5. The minimum absolute atomic E-state index is 0.587. The summed E-state index contributed by atoms with van der Waals surface area (Å²) in [5, 5.41) is 8.41. The third-order valence-electron chi connectivity index (χ3n) is 4.15. The fourth-order valence-corrected chi connectivity index (χ4v) is 3.07. The van der Waals surface area contributed by atoms with Crippen LogP contribution in [0.15, 0.2) is 10.9 Å². The number of anilines is 1. The Bertz CT molecular complexity index is 591. The molecule has 1 aliphatic heterocycles. The van der Waals surface area contributed by atoms with Crippen LogP contribution in [0.25, 0.3) is 11.1 Å². The predicted molar refractivity (Wildman–Crippen MR) is 82.4 cm³/mol. The second kappa shape index (κ2) is 6.39. The van der Waals surface area contributed by atoms with Crippen LogP contribution in [0.1, 0.15) is 31.9 Å². The molecule has 0 aromatic carbocycles. The number of aryl methyl sites for hydroxylation is 1.